The van der Waals surface area contributed by atoms with Gasteiger partial charge in [0.25, 0.3) is 0 Å². The van der Waals surface area contributed by atoms with Gasteiger partial charge in [-0.1, -0.05) is 12.1 Å². The molecule has 0 aliphatic carbocycles. The number of anilines is 1. The molecule has 1 aromatic carbocycles. The zero-order valence-electron chi connectivity index (χ0n) is 16.4. The van der Waals surface area contributed by atoms with Gasteiger partial charge < -0.3 is 19.4 Å². The molecule has 0 saturated carbocycles. The largest absolute Gasteiger partial charge is 0.444 e. The van der Waals surface area contributed by atoms with Crippen LogP contribution in [0, 0.1) is 0 Å². The molecule has 0 spiro atoms. The molecule has 2 amide bonds. The molecule has 2 heterocycles. The van der Waals surface area contributed by atoms with Gasteiger partial charge >= 0.3 is 6.09 Å². The first kappa shape index (κ1) is 18.5. The Balaban J connectivity index is 1.75. The molecular formula is C20H29N3O3. The molecule has 6 nitrogen and oxygen atoms in total. The summed E-state index contributed by atoms with van der Waals surface area (Å²) in [6.07, 6.45) is 0.576. The zero-order valence-corrected chi connectivity index (χ0v) is 16.4. The van der Waals surface area contributed by atoms with Crippen molar-refractivity contribution in [3.63, 3.8) is 0 Å². The highest BCUT2D eigenvalue weighted by Crippen LogP contribution is 2.31. The molecule has 26 heavy (non-hydrogen) atoms. The second-order valence-electron chi connectivity index (χ2n) is 8.26. The topological polar surface area (TPSA) is 53.1 Å². The van der Waals surface area contributed by atoms with Gasteiger partial charge in [-0.25, -0.2) is 4.79 Å². The lowest BCUT2D eigenvalue weighted by atomic mass is 9.96. The highest BCUT2D eigenvalue weighted by molar-refractivity contribution is 5.75. The Labute approximate surface area is 155 Å². The smallest absolute Gasteiger partial charge is 0.410 e. The first-order valence-corrected chi connectivity index (χ1v) is 9.23. The van der Waals surface area contributed by atoms with Crippen LogP contribution in [-0.2, 0) is 22.5 Å². The predicted molar refractivity (Wildman–Crippen MR) is 101 cm³/mol. The van der Waals surface area contributed by atoms with Gasteiger partial charge in [0.1, 0.15) is 5.60 Å². The van der Waals surface area contributed by atoms with Gasteiger partial charge in [0.05, 0.1) is 12.6 Å². The van der Waals surface area contributed by atoms with Crippen molar-refractivity contribution in [2.75, 3.05) is 31.6 Å². The minimum atomic E-state index is -0.490. The average molecular weight is 359 g/mol. The predicted octanol–water partition coefficient (Wildman–Crippen LogP) is 2.65. The van der Waals surface area contributed by atoms with Gasteiger partial charge in [0.2, 0.25) is 5.91 Å². The molecule has 3 rings (SSSR count). The van der Waals surface area contributed by atoms with E-state index in [9.17, 15) is 9.59 Å². The first-order chi connectivity index (χ1) is 12.2. The van der Waals surface area contributed by atoms with Gasteiger partial charge in [-0.3, -0.25) is 4.79 Å². The molecule has 142 valence electrons. The number of fused-ring (bicyclic) bond motifs is 1. The van der Waals surface area contributed by atoms with E-state index < -0.39 is 5.60 Å². The van der Waals surface area contributed by atoms with Crippen LogP contribution in [0.1, 0.15) is 38.8 Å². The van der Waals surface area contributed by atoms with Crippen LogP contribution in [-0.4, -0.2) is 60.1 Å². The summed E-state index contributed by atoms with van der Waals surface area (Å²) in [4.78, 5) is 29.8. The van der Waals surface area contributed by atoms with Crippen LogP contribution < -0.4 is 4.90 Å². The number of amides is 2. The van der Waals surface area contributed by atoms with Crippen LogP contribution in [0.3, 0.4) is 0 Å². The number of likely N-dealkylation sites (N-methyl/N-ethyl adjacent to an activating group) is 1. The first-order valence-electron chi connectivity index (χ1n) is 9.23. The number of carbonyl (C=O) groups is 2. The third-order valence-electron chi connectivity index (χ3n) is 5.14. The SMILES string of the molecule is CC(=O)N1CC(N(C)c2cccc3c2CN(C(=O)OC(C)(C)C)CC3)C1. The molecule has 6 heteroatoms. The van der Waals surface area contributed by atoms with Crippen LogP contribution in [0.2, 0.25) is 0 Å². The summed E-state index contributed by atoms with van der Waals surface area (Å²) in [5.41, 5.74) is 3.13. The second kappa shape index (κ2) is 6.82. The summed E-state index contributed by atoms with van der Waals surface area (Å²) in [5, 5.41) is 0. The second-order valence-corrected chi connectivity index (χ2v) is 8.26. The molecule has 0 aromatic heterocycles. The molecule has 0 radical (unpaired) electrons. The van der Waals surface area contributed by atoms with Gasteiger partial charge in [-0.2, -0.15) is 0 Å². The van der Waals surface area contributed by atoms with Crippen molar-refractivity contribution in [3.05, 3.63) is 29.3 Å². The Kier molecular flexibility index (Phi) is 4.86. The zero-order chi connectivity index (χ0) is 19.1. The minimum absolute atomic E-state index is 0.126. The van der Waals surface area contributed by atoms with E-state index in [0.717, 1.165) is 25.2 Å². The van der Waals surface area contributed by atoms with E-state index in [1.165, 1.54) is 11.1 Å². The Bertz CT molecular complexity index is 705. The summed E-state index contributed by atoms with van der Waals surface area (Å²) in [6, 6.07) is 6.65. The van der Waals surface area contributed by atoms with E-state index in [0.29, 0.717) is 19.1 Å². The molecule has 0 unspecified atom stereocenters. The van der Waals surface area contributed by atoms with Gasteiger partial charge in [0, 0.05) is 39.3 Å². The summed E-state index contributed by atoms with van der Waals surface area (Å²) in [7, 11) is 2.07. The van der Waals surface area contributed by atoms with E-state index in [-0.39, 0.29) is 12.0 Å². The Morgan fingerprint density at radius 3 is 2.50 bits per heavy atom. The highest BCUT2D eigenvalue weighted by atomic mass is 16.6. The maximum Gasteiger partial charge on any atom is 0.410 e. The molecule has 1 saturated heterocycles. The molecule has 0 atom stereocenters. The lowest BCUT2D eigenvalue weighted by Gasteiger charge is -2.45. The number of benzene rings is 1. The van der Waals surface area contributed by atoms with Crippen molar-refractivity contribution in [1.29, 1.82) is 0 Å². The number of nitrogens with zero attached hydrogens (tertiary/aromatic N) is 3. The lowest BCUT2D eigenvalue weighted by Crippen LogP contribution is -2.60. The Morgan fingerprint density at radius 1 is 1.19 bits per heavy atom. The molecule has 0 bridgehead atoms. The van der Waals surface area contributed by atoms with Crippen molar-refractivity contribution in [2.45, 2.75) is 52.3 Å². The van der Waals surface area contributed by atoms with Crippen LogP contribution in [0.25, 0.3) is 0 Å². The standard InChI is InChI=1S/C20H29N3O3/c1-14(24)23-11-16(12-23)21(5)18-8-6-7-15-9-10-22(13-17(15)18)19(25)26-20(2,3)4/h6-8,16H,9-13H2,1-5H3. The van der Waals surface area contributed by atoms with Crippen molar-refractivity contribution in [3.8, 4) is 0 Å². The molecular weight excluding hydrogens is 330 g/mol. The fourth-order valence-corrected chi connectivity index (χ4v) is 3.53. The lowest BCUT2D eigenvalue weighted by molar-refractivity contribution is -0.133. The maximum absolute atomic E-state index is 12.5. The Hall–Kier alpha value is -2.24. The summed E-state index contributed by atoms with van der Waals surface area (Å²) >= 11 is 0. The molecule has 2 aliphatic heterocycles. The highest BCUT2D eigenvalue weighted by Gasteiger charge is 2.34. The average Bonchev–Trinajstić information content (AvgIpc) is 2.50. The molecule has 1 aromatic rings. The van der Waals surface area contributed by atoms with Crippen LogP contribution in [0.15, 0.2) is 18.2 Å². The van der Waals surface area contributed by atoms with E-state index in [2.05, 4.69) is 30.1 Å². The number of ether oxygens (including phenoxy) is 1. The van der Waals surface area contributed by atoms with E-state index in [1.807, 2.05) is 25.7 Å². The van der Waals surface area contributed by atoms with Crippen molar-refractivity contribution >= 4 is 17.7 Å². The number of rotatable bonds is 2. The summed E-state index contributed by atoms with van der Waals surface area (Å²) < 4.78 is 5.54. The Morgan fingerprint density at radius 2 is 1.88 bits per heavy atom. The van der Waals surface area contributed by atoms with E-state index >= 15 is 0 Å². The van der Waals surface area contributed by atoms with Crippen molar-refractivity contribution in [1.82, 2.24) is 9.80 Å². The molecule has 0 N–H and O–H groups in total. The van der Waals surface area contributed by atoms with Gasteiger partial charge in [0.15, 0.2) is 0 Å². The third kappa shape index (κ3) is 3.79. The van der Waals surface area contributed by atoms with Crippen LogP contribution in [0.5, 0.6) is 0 Å². The molecule has 2 aliphatic rings. The number of hydrogen-bond donors (Lipinski definition) is 0. The maximum atomic E-state index is 12.5. The third-order valence-corrected chi connectivity index (χ3v) is 5.14. The number of hydrogen-bond acceptors (Lipinski definition) is 4. The fraction of sp³-hybridized carbons (Fsp3) is 0.600. The quantitative estimate of drug-likeness (QED) is 0.815. The van der Waals surface area contributed by atoms with Crippen molar-refractivity contribution in [2.24, 2.45) is 0 Å². The molecule has 1 fully saturated rings. The van der Waals surface area contributed by atoms with Crippen LogP contribution in [0.4, 0.5) is 10.5 Å². The number of likely N-dealkylation sites (tertiary alicyclic amines) is 1. The van der Waals surface area contributed by atoms with Gasteiger partial charge in [-0.05, 0) is 44.4 Å². The van der Waals surface area contributed by atoms with E-state index in [4.69, 9.17) is 4.74 Å². The van der Waals surface area contributed by atoms with Crippen molar-refractivity contribution < 1.29 is 14.3 Å². The van der Waals surface area contributed by atoms with Crippen LogP contribution >= 0.6 is 0 Å². The van der Waals surface area contributed by atoms with Gasteiger partial charge in [-0.15, -0.1) is 0 Å². The number of carbonyl (C=O) groups excluding carboxylic acids is 2. The minimum Gasteiger partial charge on any atom is -0.444 e. The van der Waals surface area contributed by atoms with E-state index in [1.54, 1.807) is 11.8 Å². The fourth-order valence-electron chi connectivity index (χ4n) is 3.53. The summed E-state index contributed by atoms with van der Waals surface area (Å²) in [6.45, 7) is 10.0. The normalized spacial score (nSPS) is 17.4. The monoisotopic (exact) mass is 359 g/mol. The summed E-state index contributed by atoms with van der Waals surface area (Å²) in [5.74, 6) is 0.126.